The molecule has 0 heterocycles. The minimum Gasteiger partial charge on any atom is -0.558 e. The van der Waals surface area contributed by atoms with Crippen molar-refractivity contribution >= 4 is 26.6 Å². The van der Waals surface area contributed by atoms with Crippen LogP contribution >= 0.6 is 20.8 Å². The van der Waals surface area contributed by atoms with Gasteiger partial charge in [-0.25, -0.2) is 0 Å². The number of carbonyl (C=O) groups is 1. The molecule has 0 saturated carbocycles. The van der Waals surface area contributed by atoms with Crippen LogP contribution < -0.4 is 9.47 Å². The molecule has 0 amide bonds. The van der Waals surface area contributed by atoms with Crippen molar-refractivity contribution in [3.63, 3.8) is 0 Å². The topological polar surface area (TPSA) is 35.5 Å². The van der Waals surface area contributed by atoms with E-state index in [9.17, 15) is 4.79 Å². The molecule has 1 rings (SSSR count). The molecule has 0 fully saturated rings. The summed E-state index contributed by atoms with van der Waals surface area (Å²) >= 11 is 6.02. The van der Waals surface area contributed by atoms with Gasteiger partial charge in [0.15, 0.2) is 11.5 Å². The molecule has 0 bridgehead atoms. The van der Waals surface area contributed by atoms with Gasteiger partial charge in [0.1, 0.15) is 11.3 Å². The lowest BCUT2D eigenvalue weighted by atomic mass is 10.0. The Balaban J connectivity index is 3.03. The van der Waals surface area contributed by atoms with Crippen LogP contribution in [0.3, 0.4) is 0 Å². The highest BCUT2D eigenvalue weighted by Crippen LogP contribution is 2.36. The van der Waals surface area contributed by atoms with E-state index in [-0.39, 0.29) is 5.78 Å². The monoisotopic (exact) mass is 287 g/mol. The van der Waals surface area contributed by atoms with Gasteiger partial charge in [-0.2, -0.15) is 6.16 Å². The summed E-state index contributed by atoms with van der Waals surface area (Å²) < 4.78 is 10.4. The molecule has 0 aliphatic heterocycles. The molecule has 0 N–H and O–H groups in total. The molecule has 0 radical (unpaired) electrons. The molecule has 0 atom stereocenters. The molecule has 1 aromatic carbocycles. The molecule has 0 aromatic heterocycles. The fourth-order valence-electron chi connectivity index (χ4n) is 1.71. The third-order valence-electron chi connectivity index (χ3n) is 2.60. The van der Waals surface area contributed by atoms with E-state index < -0.39 is 0 Å². The van der Waals surface area contributed by atoms with E-state index in [1.54, 1.807) is 12.1 Å². The zero-order valence-corrected chi connectivity index (χ0v) is 12.3. The number of benzene rings is 1. The number of Topliss-reactive ketones (excluding diaryl/α,β-unsaturated/α-hetero) is 1. The lowest BCUT2D eigenvalue weighted by molar-refractivity contribution is 0.0974. The number of halogens is 1. The van der Waals surface area contributed by atoms with Crippen LogP contribution in [0, 0.1) is 0 Å². The van der Waals surface area contributed by atoms with Gasteiger partial charge in [-0.1, -0.05) is 18.0 Å². The van der Waals surface area contributed by atoms with Crippen molar-refractivity contribution in [3.8, 4) is 11.5 Å². The summed E-state index contributed by atoms with van der Waals surface area (Å²) in [5.41, 5.74) is 0.432. The zero-order chi connectivity index (χ0) is 13.5. The number of carbonyl (C=O) groups excluding carboxylic acids is 1. The van der Waals surface area contributed by atoms with Crippen LogP contribution in [0.15, 0.2) is 12.1 Å². The highest BCUT2D eigenvalue weighted by atomic mass is 35.5. The van der Waals surface area contributed by atoms with Crippen molar-refractivity contribution in [2.45, 2.75) is 19.3 Å². The molecule has 1 aromatic rings. The first kappa shape index (κ1) is 15.3. The summed E-state index contributed by atoms with van der Waals surface area (Å²) in [7, 11) is 6.41. The fourth-order valence-corrected chi connectivity index (χ4v) is 2.19. The smallest absolute Gasteiger partial charge is 0.170 e. The molecule has 0 aliphatic carbocycles. The Hall–Kier alpha value is -0.790. The summed E-state index contributed by atoms with van der Waals surface area (Å²) in [6, 6.07) is 3.34. The van der Waals surface area contributed by atoms with Gasteiger partial charge in [-0.3, -0.25) is 4.79 Å². The second kappa shape index (κ2) is 7.60. The number of methoxy groups -OCH3 is 2. The number of ether oxygens (including phenoxy) is 2. The van der Waals surface area contributed by atoms with Crippen molar-refractivity contribution < 1.29 is 14.3 Å². The lowest BCUT2D eigenvalue weighted by Gasteiger charge is -2.13. The van der Waals surface area contributed by atoms with Crippen molar-refractivity contribution in [2.75, 3.05) is 20.4 Å². The maximum atomic E-state index is 12.2. The summed E-state index contributed by atoms with van der Waals surface area (Å²) in [4.78, 5) is 12.2. The van der Waals surface area contributed by atoms with Crippen molar-refractivity contribution in [1.82, 2.24) is 0 Å². The summed E-state index contributed by atoms with van der Waals surface area (Å²) in [5, 5.41) is 0.418. The van der Waals surface area contributed by atoms with Gasteiger partial charge < -0.3 is 18.7 Å². The van der Waals surface area contributed by atoms with Crippen LogP contribution in [0.5, 0.6) is 11.5 Å². The van der Waals surface area contributed by atoms with Gasteiger partial charge in [0, 0.05) is 6.42 Å². The molecule has 0 saturated heterocycles. The van der Waals surface area contributed by atoms with Gasteiger partial charge in [-0.15, -0.1) is 0 Å². The molecular formula is C13H17ClO3P-. The SMILES string of the molecule is COc1ccc(Cl)c(OC)c1C(=O)CCCC[PH-]. The second-order valence-corrected chi connectivity index (χ2v) is 4.70. The Bertz CT molecular complexity index is 421. The molecule has 0 aliphatic rings. The van der Waals surface area contributed by atoms with E-state index in [0.717, 1.165) is 19.0 Å². The van der Waals surface area contributed by atoms with E-state index in [4.69, 9.17) is 21.1 Å². The fraction of sp³-hybridized carbons (Fsp3) is 0.462. The van der Waals surface area contributed by atoms with Crippen LogP contribution in [0.25, 0.3) is 0 Å². The number of rotatable bonds is 7. The molecule has 5 heteroatoms. The largest absolute Gasteiger partial charge is 0.558 e. The van der Waals surface area contributed by atoms with Gasteiger partial charge >= 0.3 is 0 Å². The van der Waals surface area contributed by atoms with E-state index in [1.807, 2.05) is 0 Å². The predicted molar refractivity (Wildman–Crippen MR) is 75.9 cm³/mol. The second-order valence-electron chi connectivity index (χ2n) is 3.79. The van der Waals surface area contributed by atoms with Crippen LogP contribution in [-0.2, 0) is 0 Å². The maximum absolute atomic E-state index is 12.2. The Kier molecular flexibility index (Phi) is 6.45. The Morgan fingerprint density at radius 3 is 2.56 bits per heavy atom. The third kappa shape index (κ3) is 3.60. The highest BCUT2D eigenvalue weighted by Gasteiger charge is 2.20. The van der Waals surface area contributed by atoms with Crippen molar-refractivity contribution in [3.05, 3.63) is 22.7 Å². The molecule has 3 nitrogen and oxygen atoms in total. The van der Waals surface area contributed by atoms with Gasteiger partial charge in [0.05, 0.1) is 19.2 Å². The van der Waals surface area contributed by atoms with E-state index >= 15 is 0 Å². The maximum Gasteiger partial charge on any atom is 0.170 e. The minimum absolute atomic E-state index is 0.00804. The molecule has 0 unspecified atom stereocenters. The normalized spacial score (nSPS) is 10.2. The van der Waals surface area contributed by atoms with Crippen LogP contribution in [0.4, 0.5) is 0 Å². The first-order valence-corrected chi connectivity index (χ1v) is 6.82. The van der Waals surface area contributed by atoms with Crippen LogP contribution in [-0.4, -0.2) is 26.2 Å². The zero-order valence-electron chi connectivity index (χ0n) is 10.6. The minimum atomic E-state index is -0.00804. The first-order chi connectivity index (χ1) is 8.65. The Morgan fingerprint density at radius 2 is 2.00 bits per heavy atom. The van der Waals surface area contributed by atoms with Gasteiger partial charge in [0.2, 0.25) is 0 Å². The van der Waals surface area contributed by atoms with E-state index in [0.29, 0.717) is 28.5 Å². The van der Waals surface area contributed by atoms with Crippen LogP contribution in [0.1, 0.15) is 29.6 Å². The molecule has 18 heavy (non-hydrogen) atoms. The Labute approximate surface area is 115 Å². The molecule has 100 valence electrons. The third-order valence-corrected chi connectivity index (χ3v) is 3.26. The average Bonchev–Trinajstić information content (AvgIpc) is 2.38. The predicted octanol–water partition coefficient (Wildman–Crippen LogP) is 3.85. The van der Waals surface area contributed by atoms with Crippen molar-refractivity contribution in [2.24, 2.45) is 0 Å². The number of hydrogen-bond donors (Lipinski definition) is 0. The van der Waals surface area contributed by atoms with Gasteiger partial charge in [0.25, 0.3) is 0 Å². The molecular weight excluding hydrogens is 271 g/mol. The van der Waals surface area contributed by atoms with Crippen molar-refractivity contribution in [1.29, 1.82) is 0 Å². The Morgan fingerprint density at radius 1 is 1.28 bits per heavy atom. The number of ketones is 1. The average molecular weight is 288 g/mol. The van der Waals surface area contributed by atoms with E-state index in [2.05, 4.69) is 9.24 Å². The summed E-state index contributed by atoms with van der Waals surface area (Å²) in [6.45, 7) is 0. The number of unbranched alkanes of at least 4 members (excludes halogenated alkanes) is 1. The van der Waals surface area contributed by atoms with Gasteiger partial charge in [-0.05, 0) is 18.6 Å². The summed E-state index contributed by atoms with van der Waals surface area (Å²) in [5.74, 6) is 0.880. The first-order valence-electron chi connectivity index (χ1n) is 5.74. The summed E-state index contributed by atoms with van der Waals surface area (Å²) in [6.07, 6.45) is 3.11. The van der Waals surface area contributed by atoms with Crippen LogP contribution in [0.2, 0.25) is 5.02 Å². The standard InChI is InChI=1S/C13H17ClO3P/c1-16-11-7-6-9(14)13(17-2)12(11)10(15)5-3-4-8-18/h6-7,18H,3-5,8H2,1-2H3/q-1. The number of hydrogen-bond acceptors (Lipinski definition) is 3. The lowest BCUT2D eigenvalue weighted by Crippen LogP contribution is -2.05. The quantitative estimate of drug-likeness (QED) is 0.434. The van der Waals surface area contributed by atoms with E-state index in [1.165, 1.54) is 14.2 Å². The molecule has 0 spiro atoms. The highest BCUT2D eigenvalue weighted by molar-refractivity contribution is 7.16.